The molecule has 2 N–H and O–H groups in total. The predicted octanol–water partition coefficient (Wildman–Crippen LogP) is 2.88. The molecule has 0 unspecified atom stereocenters. The van der Waals surface area contributed by atoms with E-state index in [0.717, 1.165) is 39.6 Å². The molecule has 7 heteroatoms. The van der Waals surface area contributed by atoms with Crippen LogP contribution in [0.2, 0.25) is 0 Å². The topological polar surface area (TPSA) is 84.3 Å². The molecule has 2 aromatic carbocycles. The fourth-order valence-electron chi connectivity index (χ4n) is 3.03. The van der Waals surface area contributed by atoms with Gasteiger partial charge in [0.1, 0.15) is 11.0 Å². The standard InChI is InChI=1S/C16H13N3O3S/c1-22-13-5-2-8(6-12(13)20)9-7-14(21)17-10-3-4-11-16(15(9)10)19-23-18-11/h2-6,9,20H,7H2,1H3,(H,17,21)/t9-/m1/s1. The van der Waals surface area contributed by atoms with Crippen molar-refractivity contribution in [1.82, 2.24) is 8.75 Å². The molecule has 0 radical (unpaired) electrons. The molecule has 116 valence electrons. The molecule has 23 heavy (non-hydrogen) atoms. The Morgan fingerprint density at radius 1 is 1.30 bits per heavy atom. The van der Waals surface area contributed by atoms with Crippen molar-refractivity contribution in [3.63, 3.8) is 0 Å². The number of ether oxygens (including phenoxy) is 1. The zero-order valence-electron chi connectivity index (χ0n) is 12.2. The molecule has 0 saturated heterocycles. The summed E-state index contributed by atoms with van der Waals surface area (Å²) in [5.74, 6) is 0.229. The molecule has 1 atom stereocenters. The second kappa shape index (κ2) is 5.20. The first kappa shape index (κ1) is 14.0. The van der Waals surface area contributed by atoms with Crippen LogP contribution >= 0.6 is 11.7 Å². The second-order valence-electron chi connectivity index (χ2n) is 5.39. The van der Waals surface area contributed by atoms with E-state index in [1.807, 2.05) is 18.2 Å². The number of fused-ring (bicyclic) bond motifs is 3. The van der Waals surface area contributed by atoms with E-state index >= 15 is 0 Å². The monoisotopic (exact) mass is 327 g/mol. The second-order valence-corrected chi connectivity index (χ2v) is 5.92. The first-order valence-electron chi connectivity index (χ1n) is 7.09. The van der Waals surface area contributed by atoms with Gasteiger partial charge in [0.2, 0.25) is 5.91 Å². The minimum Gasteiger partial charge on any atom is -0.504 e. The number of anilines is 1. The summed E-state index contributed by atoms with van der Waals surface area (Å²) in [5, 5.41) is 12.9. The Morgan fingerprint density at radius 2 is 2.17 bits per heavy atom. The number of benzene rings is 2. The fraction of sp³-hybridized carbons (Fsp3) is 0.188. The SMILES string of the molecule is COc1ccc([C@H]2CC(=O)Nc3ccc4nsnc4c32)cc1O. The lowest BCUT2D eigenvalue weighted by molar-refractivity contribution is -0.116. The maximum Gasteiger partial charge on any atom is 0.225 e. The van der Waals surface area contributed by atoms with Crippen molar-refractivity contribution < 1.29 is 14.6 Å². The third kappa shape index (κ3) is 2.20. The number of amides is 1. The van der Waals surface area contributed by atoms with Crippen LogP contribution in [0, 0.1) is 0 Å². The number of hydrogen-bond donors (Lipinski definition) is 2. The van der Waals surface area contributed by atoms with Crippen LogP contribution in [0.15, 0.2) is 30.3 Å². The maximum absolute atomic E-state index is 12.1. The van der Waals surface area contributed by atoms with Gasteiger partial charge < -0.3 is 15.2 Å². The van der Waals surface area contributed by atoms with Crippen LogP contribution in [0.1, 0.15) is 23.5 Å². The van der Waals surface area contributed by atoms with Crippen LogP contribution in [0.4, 0.5) is 5.69 Å². The van der Waals surface area contributed by atoms with Gasteiger partial charge in [0.15, 0.2) is 11.5 Å². The van der Waals surface area contributed by atoms with Gasteiger partial charge in [-0.2, -0.15) is 8.75 Å². The van der Waals surface area contributed by atoms with Gasteiger partial charge in [-0.25, -0.2) is 0 Å². The van der Waals surface area contributed by atoms with Crippen molar-refractivity contribution in [1.29, 1.82) is 0 Å². The minimum atomic E-state index is -0.178. The Hall–Kier alpha value is -2.67. The van der Waals surface area contributed by atoms with Gasteiger partial charge in [-0.1, -0.05) is 6.07 Å². The molecule has 0 aliphatic carbocycles. The Bertz CT molecular complexity index is 922. The van der Waals surface area contributed by atoms with Gasteiger partial charge in [0.25, 0.3) is 0 Å². The van der Waals surface area contributed by atoms with E-state index in [1.165, 1.54) is 7.11 Å². The van der Waals surface area contributed by atoms with Crippen LogP contribution < -0.4 is 10.1 Å². The number of hydrogen-bond acceptors (Lipinski definition) is 6. The van der Waals surface area contributed by atoms with Crippen LogP contribution in [0.3, 0.4) is 0 Å². The van der Waals surface area contributed by atoms with Gasteiger partial charge in [-0.3, -0.25) is 4.79 Å². The highest BCUT2D eigenvalue weighted by atomic mass is 32.1. The molecule has 0 bridgehead atoms. The highest BCUT2D eigenvalue weighted by Crippen LogP contribution is 2.42. The molecule has 4 rings (SSSR count). The summed E-state index contributed by atoms with van der Waals surface area (Å²) in [6.45, 7) is 0. The van der Waals surface area contributed by atoms with Crippen LogP contribution in [0.25, 0.3) is 11.0 Å². The molecule has 3 aromatic rings. The number of aromatic nitrogens is 2. The first-order chi connectivity index (χ1) is 11.2. The van der Waals surface area contributed by atoms with E-state index in [1.54, 1.807) is 12.1 Å². The number of aromatic hydroxyl groups is 1. The number of phenolic OH excluding ortho intramolecular Hbond substituents is 1. The molecular weight excluding hydrogens is 314 g/mol. The average Bonchev–Trinajstić information content (AvgIpc) is 3.02. The maximum atomic E-state index is 12.1. The van der Waals surface area contributed by atoms with Crippen LogP contribution in [0.5, 0.6) is 11.5 Å². The van der Waals surface area contributed by atoms with Gasteiger partial charge in [0, 0.05) is 23.6 Å². The largest absolute Gasteiger partial charge is 0.504 e. The Labute approximate surface area is 136 Å². The van der Waals surface area contributed by atoms with Crippen molar-refractivity contribution in [3.05, 3.63) is 41.5 Å². The number of methoxy groups -OCH3 is 1. The summed E-state index contributed by atoms with van der Waals surface area (Å²) < 4.78 is 13.7. The number of carbonyl (C=O) groups is 1. The Balaban J connectivity index is 1.91. The van der Waals surface area contributed by atoms with Crippen LogP contribution in [-0.2, 0) is 4.79 Å². The van der Waals surface area contributed by atoms with Crippen molar-refractivity contribution in [2.45, 2.75) is 12.3 Å². The van der Waals surface area contributed by atoms with Crippen molar-refractivity contribution in [3.8, 4) is 11.5 Å². The third-order valence-corrected chi connectivity index (χ3v) is 4.63. The molecule has 0 spiro atoms. The van der Waals surface area contributed by atoms with E-state index in [4.69, 9.17) is 4.74 Å². The van der Waals surface area contributed by atoms with Crippen LogP contribution in [-0.4, -0.2) is 26.9 Å². The lowest BCUT2D eigenvalue weighted by Gasteiger charge is -2.26. The summed E-state index contributed by atoms with van der Waals surface area (Å²) in [7, 11) is 1.50. The fourth-order valence-corrected chi connectivity index (χ4v) is 3.58. The molecule has 1 aromatic heterocycles. The van der Waals surface area contributed by atoms with Gasteiger partial charge in [-0.15, -0.1) is 0 Å². The zero-order chi connectivity index (χ0) is 16.0. The summed E-state index contributed by atoms with van der Waals surface area (Å²) in [6.07, 6.45) is 0.301. The van der Waals surface area contributed by atoms with Crippen molar-refractivity contribution >= 4 is 34.4 Å². The quantitative estimate of drug-likeness (QED) is 0.756. The van der Waals surface area contributed by atoms with E-state index in [0.29, 0.717) is 12.2 Å². The molecule has 0 fully saturated rings. The van der Waals surface area contributed by atoms with Crippen molar-refractivity contribution in [2.75, 3.05) is 12.4 Å². The summed E-state index contributed by atoms with van der Waals surface area (Å²) in [6, 6.07) is 8.92. The number of rotatable bonds is 2. The van der Waals surface area contributed by atoms with E-state index in [2.05, 4.69) is 14.1 Å². The van der Waals surface area contributed by atoms with E-state index < -0.39 is 0 Å². The molecule has 1 aliphatic rings. The van der Waals surface area contributed by atoms with Gasteiger partial charge in [0.05, 0.1) is 18.8 Å². The molecular formula is C16H13N3O3S. The summed E-state index contributed by atoms with van der Waals surface area (Å²) >= 11 is 1.15. The van der Waals surface area contributed by atoms with E-state index in [9.17, 15) is 9.90 Å². The lowest BCUT2D eigenvalue weighted by atomic mass is 9.84. The number of nitrogens with zero attached hydrogens (tertiary/aromatic N) is 2. The molecule has 6 nitrogen and oxygen atoms in total. The van der Waals surface area contributed by atoms with Gasteiger partial charge >= 0.3 is 0 Å². The molecule has 1 aliphatic heterocycles. The number of nitrogens with one attached hydrogen (secondary N) is 1. The zero-order valence-corrected chi connectivity index (χ0v) is 13.1. The number of carbonyl (C=O) groups excluding carboxylic acids is 1. The summed E-state index contributed by atoms with van der Waals surface area (Å²) in [5.41, 5.74) is 4.16. The highest BCUT2D eigenvalue weighted by Gasteiger charge is 2.30. The first-order valence-corrected chi connectivity index (χ1v) is 7.82. The van der Waals surface area contributed by atoms with Gasteiger partial charge in [-0.05, 0) is 29.8 Å². The Morgan fingerprint density at radius 3 is 2.96 bits per heavy atom. The third-order valence-electron chi connectivity index (χ3n) is 4.08. The highest BCUT2D eigenvalue weighted by molar-refractivity contribution is 7.00. The average molecular weight is 327 g/mol. The summed E-state index contributed by atoms with van der Waals surface area (Å²) in [4.78, 5) is 12.1. The minimum absolute atomic E-state index is 0.0552. The smallest absolute Gasteiger partial charge is 0.225 e. The molecule has 1 amide bonds. The van der Waals surface area contributed by atoms with E-state index in [-0.39, 0.29) is 17.6 Å². The lowest BCUT2D eigenvalue weighted by Crippen LogP contribution is -2.23. The number of phenols is 1. The molecule has 0 saturated carbocycles. The normalized spacial score (nSPS) is 16.9. The molecule has 2 heterocycles. The predicted molar refractivity (Wildman–Crippen MR) is 87.2 cm³/mol. The van der Waals surface area contributed by atoms with Crippen molar-refractivity contribution in [2.24, 2.45) is 0 Å². The Kier molecular flexibility index (Phi) is 3.16.